The molecule has 2 rings (SSSR count). The Morgan fingerprint density at radius 1 is 1.04 bits per heavy atom. The second-order valence-electron chi connectivity index (χ2n) is 4.67. The van der Waals surface area contributed by atoms with Crippen molar-refractivity contribution in [3.8, 4) is 11.5 Å². The molecule has 6 heteroatoms. The van der Waals surface area contributed by atoms with E-state index < -0.39 is 17.8 Å². The standard InChI is InChI=1S/C18H15FO5/c1-22-16-11-13(18(21)23-2)7-8-15(16)24-17(20)9-6-12-4-3-5-14(19)10-12/h3-11H,1-2H3/b9-6+. The molecule has 2 aromatic rings. The van der Waals surface area contributed by atoms with Crippen molar-refractivity contribution in [2.45, 2.75) is 0 Å². The summed E-state index contributed by atoms with van der Waals surface area (Å²) in [6, 6.07) is 10.1. The Labute approximate surface area is 138 Å². The fraction of sp³-hybridized carbons (Fsp3) is 0.111. The van der Waals surface area contributed by atoms with Gasteiger partial charge in [-0.1, -0.05) is 12.1 Å². The molecule has 5 nitrogen and oxygen atoms in total. The number of esters is 2. The molecule has 0 heterocycles. The largest absolute Gasteiger partial charge is 0.493 e. The first-order chi connectivity index (χ1) is 11.5. The zero-order valence-electron chi connectivity index (χ0n) is 13.1. The highest BCUT2D eigenvalue weighted by molar-refractivity contribution is 5.91. The van der Waals surface area contributed by atoms with E-state index in [0.717, 1.165) is 0 Å². The summed E-state index contributed by atoms with van der Waals surface area (Å²) < 4.78 is 27.9. The second-order valence-corrected chi connectivity index (χ2v) is 4.67. The number of carbonyl (C=O) groups excluding carboxylic acids is 2. The molecule has 2 aromatic carbocycles. The normalized spacial score (nSPS) is 10.5. The lowest BCUT2D eigenvalue weighted by Gasteiger charge is -2.09. The number of ether oxygens (including phenoxy) is 3. The topological polar surface area (TPSA) is 61.8 Å². The van der Waals surface area contributed by atoms with Crippen LogP contribution in [0.5, 0.6) is 11.5 Å². The fourth-order valence-corrected chi connectivity index (χ4v) is 1.91. The van der Waals surface area contributed by atoms with Crippen molar-refractivity contribution in [2.75, 3.05) is 14.2 Å². The molecule has 0 atom stereocenters. The molecule has 0 amide bonds. The summed E-state index contributed by atoms with van der Waals surface area (Å²) in [6.07, 6.45) is 2.60. The number of methoxy groups -OCH3 is 2. The van der Waals surface area contributed by atoms with Crippen molar-refractivity contribution in [2.24, 2.45) is 0 Å². The van der Waals surface area contributed by atoms with Gasteiger partial charge in [0.2, 0.25) is 0 Å². The van der Waals surface area contributed by atoms with Crippen LogP contribution >= 0.6 is 0 Å². The van der Waals surface area contributed by atoms with Crippen LogP contribution in [-0.4, -0.2) is 26.2 Å². The number of hydrogen-bond acceptors (Lipinski definition) is 5. The van der Waals surface area contributed by atoms with Crippen molar-refractivity contribution in [1.82, 2.24) is 0 Å². The molecule has 0 aromatic heterocycles. The van der Waals surface area contributed by atoms with Crippen molar-refractivity contribution >= 4 is 18.0 Å². The van der Waals surface area contributed by atoms with Crippen molar-refractivity contribution in [3.05, 3.63) is 65.5 Å². The first kappa shape index (κ1) is 17.2. The summed E-state index contributed by atoms with van der Waals surface area (Å²) in [5.74, 6) is -1.23. The molecular formula is C18H15FO5. The lowest BCUT2D eigenvalue weighted by Crippen LogP contribution is -2.07. The third-order valence-corrected chi connectivity index (χ3v) is 3.06. The third-order valence-electron chi connectivity index (χ3n) is 3.06. The van der Waals surface area contributed by atoms with Gasteiger partial charge in [0, 0.05) is 6.08 Å². The number of benzene rings is 2. The van der Waals surface area contributed by atoms with Crippen LogP contribution in [0.25, 0.3) is 6.08 Å². The Kier molecular flexibility index (Phi) is 5.68. The van der Waals surface area contributed by atoms with E-state index in [2.05, 4.69) is 4.74 Å². The Morgan fingerprint density at radius 2 is 1.83 bits per heavy atom. The van der Waals surface area contributed by atoms with Gasteiger partial charge < -0.3 is 14.2 Å². The maximum absolute atomic E-state index is 13.1. The molecule has 0 aliphatic carbocycles. The number of rotatable bonds is 5. The Hall–Kier alpha value is -3.15. The summed E-state index contributed by atoms with van der Waals surface area (Å²) in [7, 11) is 2.65. The molecule has 0 saturated carbocycles. The fourth-order valence-electron chi connectivity index (χ4n) is 1.91. The smallest absolute Gasteiger partial charge is 0.337 e. The van der Waals surface area contributed by atoms with E-state index in [-0.39, 0.29) is 17.1 Å². The van der Waals surface area contributed by atoms with Gasteiger partial charge in [-0.2, -0.15) is 0 Å². The van der Waals surface area contributed by atoms with Gasteiger partial charge >= 0.3 is 11.9 Å². The third kappa shape index (κ3) is 4.42. The van der Waals surface area contributed by atoms with Crippen LogP contribution in [0.4, 0.5) is 4.39 Å². The molecule has 0 saturated heterocycles. The molecule has 0 spiro atoms. The Morgan fingerprint density at radius 3 is 2.50 bits per heavy atom. The Balaban J connectivity index is 2.12. The van der Waals surface area contributed by atoms with Crippen LogP contribution in [0.2, 0.25) is 0 Å². The molecule has 24 heavy (non-hydrogen) atoms. The zero-order valence-corrected chi connectivity index (χ0v) is 13.1. The molecular weight excluding hydrogens is 315 g/mol. The van der Waals surface area contributed by atoms with Crippen LogP contribution in [-0.2, 0) is 9.53 Å². The number of hydrogen-bond donors (Lipinski definition) is 0. The molecule has 0 N–H and O–H groups in total. The molecule has 0 aliphatic heterocycles. The Bertz CT molecular complexity index is 783. The molecule has 0 unspecified atom stereocenters. The minimum absolute atomic E-state index is 0.152. The van der Waals surface area contributed by atoms with E-state index in [9.17, 15) is 14.0 Å². The van der Waals surface area contributed by atoms with Gasteiger partial charge in [-0.05, 0) is 42.0 Å². The molecule has 0 bridgehead atoms. The lowest BCUT2D eigenvalue weighted by atomic mass is 10.2. The molecule has 0 fully saturated rings. The highest BCUT2D eigenvalue weighted by Crippen LogP contribution is 2.28. The highest BCUT2D eigenvalue weighted by atomic mass is 19.1. The van der Waals surface area contributed by atoms with Crippen LogP contribution in [0.15, 0.2) is 48.5 Å². The summed E-state index contributed by atoms with van der Waals surface area (Å²) >= 11 is 0. The molecule has 0 radical (unpaired) electrons. The quantitative estimate of drug-likeness (QED) is 0.478. The first-order valence-corrected chi connectivity index (χ1v) is 6.95. The molecule has 124 valence electrons. The second kappa shape index (κ2) is 7.92. The van der Waals surface area contributed by atoms with Crippen molar-refractivity contribution in [1.29, 1.82) is 0 Å². The van der Waals surface area contributed by atoms with Crippen LogP contribution in [0, 0.1) is 5.82 Å². The number of halogens is 1. The predicted molar refractivity (Wildman–Crippen MR) is 85.4 cm³/mol. The van der Waals surface area contributed by atoms with Gasteiger partial charge in [-0.25, -0.2) is 14.0 Å². The first-order valence-electron chi connectivity index (χ1n) is 6.95. The van der Waals surface area contributed by atoms with Gasteiger partial charge in [-0.3, -0.25) is 0 Å². The summed E-state index contributed by atoms with van der Waals surface area (Å²) in [6.45, 7) is 0. The average Bonchev–Trinajstić information content (AvgIpc) is 2.59. The summed E-state index contributed by atoms with van der Waals surface area (Å²) in [5, 5.41) is 0. The predicted octanol–water partition coefficient (Wildman–Crippen LogP) is 3.24. The van der Waals surface area contributed by atoms with Crippen LogP contribution in [0.3, 0.4) is 0 Å². The van der Waals surface area contributed by atoms with Gasteiger partial charge in [0.1, 0.15) is 5.82 Å². The van der Waals surface area contributed by atoms with Gasteiger partial charge in [0.25, 0.3) is 0 Å². The van der Waals surface area contributed by atoms with Gasteiger partial charge in [-0.15, -0.1) is 0 Å². The summed E-state index contributed by atoms with van der Waals surface area (Å²) in [4.78, 5) is 23.3. The maximum atomic E-state index is 13.1. The van der Waals surface area contributed by atoms with E-state index in [0.29, 0.717) is 5.56 Å². The SMILES string of the molecule is COC(=O)c1ccc(OC(=O)/C=C/c2cccc(F)c2)c(OC)c1. The van der Waals surface area contributed by atoms with E-state index in [1.807, 2.05) is 0 Å². The van der Waals surface area contributed by atoms with Crippen LogP contribution in [0.1, 0.15) is 15.9 Å². The number of carbonyl (C=O) groups is 2. The van der Waals surface area contributed by atoms with Crippen molar-refractivity contribution < 1.29 is 28.2 Å². The molecule has 0 aliphatic rings. The minimum atomic E-state index is -0.664. The van der Waals surface area contributed by atoms with Crippen LogP contribution < -0.4 is 9.47 Å². The average molecular weight is 330 g/mol. The summed E-state index contributed by atoms with van der Waals surface area (Å²) in [5.41, 5.74) is 0.796. The van der Waals surface area contributed by atoms with E-state index in [1.165, 1.54) is 62.8 Å². The van der Waals surface area contributed by atoms with E-state index in [1.54, 1.807) is 6.07 Å². The van der Waals surface area contributed by atoms with Gasteiger partial charge in [0.15, 0.2) is 11.5 Å². The van der Waals surface area contributed by atoms with E-state index >= 15 is 0 Å². The minimum Gasteiger partial charge on any atom is -0.493 e. The highest BCUT2D eigenvalue weighted by Gasteiger charge is 2.13. The van der Waals surface area contributed by atoms with E-state index in [4.69, 9.17) is 9.47 Å². The van der Waals surface area contributed by atoms with Crippen molar-refractivity contribution in [3.63, 3.8) is 0 Å². The monoisotopic (exact) mass is 330 g/mol. The van der Waals surface area contributed by atoms with Gasteiger partial charge in [0.05, 0.1) is 19.8 Å². The lowest BCUT2D eigenvalue weighted by molar-refractivity contribution is -0.129. The zero-order chi connectivity index (χ0) is 17.5. The maximum Gasteiger partial charge on any atom is 0.337 e.